The van der Waals surface area contributed by atoms with Gasteiger partial charge in [0, 0.05) is 23.2 Å². The Morgan fingerprint density at radius 3 is 1.53 bits per heavy atom. The van der Waals surface area contributed by atoms with Crippen molar-refractivity contribution in [1.29, 1.82) is 0 Å². The highest BCUT2D eigenvalue weighted by Gasteiger charge is 2.39. The molecule has 0 aliphatic carbocycles. The molecule has 17 heavy (non-hydrogen) atoms. The van der Waals surface area contributed by atoms with Crippen molar-refractivity contribution >= 4 is 0 Å². The molecule has 1 nitrogen and oxygen atoms in total. The molecule has 0 aromatic carbocycles. The van der Waals surface area contributed by atoms with Gasteiger partial charge in [-0.05, 0) is 38.2 Å². The lowest BCUT2D eigenvalue weighted by Crippen LogP contribution is -2.42. The van der Waals surface area contributed by atoms with E-state index in [4.69, 9.17) is 0 Å². The van der Waals surface area contributed by atoms with E-state index < -0.39 is 0 Å². The second-order valence-corrected chi connectivity index (χ2v) is 8.40. The highest BCUT2D eigenvalue weighted by Crippen LogP contribution is 2.46. The van der Waals surface area contributed by atoms with Crippen molar-refractivity contribution in [3.63, 3.8) is 0 Å². The van der Waals surface area contributed by atoms with Crippen LogP contribution in [0.15, 0.2) is 11.3 Å². The van der Waals surface area contributed by atoms with E-state index >= 15 is 0 Å². The van der Waals surface area contributed by atoms with Gasteiger partial charge in [0.05, 0.1) is 0 Å². The van der Waals surface area contributed by atoms with Gasteiger partial charge in [-0.2, -0.15) is 0 Å². The number of allylic oxidation sites excluding steroid dienone is 1. The molecule has 0 saturated heterocycles. The molecule has 0 aromatic rings. The van der Waals surface area contributed by atoms with Crippen LogP contribution in [0.3, 0.4) is 0 Å². The molecule has 0 unspecified atom stereocenters. The number of nitrogens with zero attached hydrogens (tertiary/aromatic N) is 1. The lowest BCUT2D eigenvalue weighted by atomic mass is 9.78. The third-order valence-electron chi connectivity index (χ3n) is 3.57. The summed E-state index contributed by atoms with van der Waals surface area (Å²) in [5.74, 6) is 0. The van der Waals surface area contributed by atoms with Gasteiger partial charge >= 0.3 is 0 Å². The van der Waals surface area contributed by atoms with Crippen LogP contribution in [0, 0.1) is 10.8 Å². The van der Waals surface area contributed by atoms with Crippen LogP contribution in [0.2, 0.25) is 0 Å². The first-order valence-corrected chi connectivity index (χ1v) is 6.87. The Kier molecular flexibility index (Phi) is 3.46. The smallest absolute Gasteiger partial charge is 0.0315 e. The summed E-state index contributed by atoms with van der Waals surface area (Å²) in [5.41, 5.74) is 4.00. The van der Waals surface area contributed by atoms with Crippen LogP contribution in [-0.2, 0) is 0 Å². The first kappa shape index (κ1) is 14.6. The first-order valence-electron chi connectivity index (χ1n) is 6.87. The van der Waals surface area contributed by atoms with Gasteiger partial charge in [-0.3, -0.25) is 0 Å². The molecule has 0 fully saturated rings. The molecular formula is C16H31N. The van der Waals surface area contributed by atoms with Gasteiger partial charge in [-0.25, -0.2) is 0 Å². The topological polar surface area (TPSA) is 3.24 Å². The van der Waals surface area contributed by atoms with Crippen LogP contribution in [0.5, 0.6) is 0 Å². The highest BCUT2D eigenvalue weighted by molar-refractivity contribution is 5.29. The van der Waals surface area contributed by atoms with Crippen molar-refractivity contribution in [1.82, 2.24) is 4.90 Å². The Morgan fingerprint density at radius 2 is 1.24 bits per heavy atom. The van der Waals surface area contributed by atoms with Gasteiger partial charge in [0.25, 0.3) is 0 Å². The summed E-state index contributed by atoms with van der Waals surface area (Å²) in [6, 6.07) is 0. The Hall–Kier alpha value is -0.460. The summed E-state index contributed by atoms with van der Waals surface area (Å²) in [5, 5.41) is 0. The molecule has 1 heterocycles. The number of hydrogen-bond donors (Lipinski definition) is 0. The van der Waals surface area contributed by atoms with Crippen LogP contribution in [0.25, 0.3) is 0 Å². The summed E-state index contributed by atoms with van der Waals surface area (Å²) >= 11 is 0. The molecule has 1 rings (SSSR count). The lowest BCUT2D eigenvalue weighted by Gasteiger charge is -2.42. The molecule has 0 atom stereocenters. The lowest BCUT2D eigenvalue weighted by molar-refractivity contribution is 0.165. The van der Waals surface area contributed by atoms with Gasteiger partial charge in [-0.1, -0.05) is 41.5 Å². The van der Waals surface area contributed by atoms with E-state index in [2.05, 4.69) is 67.2 Å². The summed E-state index contributed by atoms with van der Waals surface area (Å²) in [4.78, 5) is 2.62. The normalized spacial score (nSPS) is 19.2. The SMILES string of the molecule is CC(C)(C)C1=C(C(C)(C)C)N(C(C)(C)C)CC1. The standard InChI is InChI=1S/C16H31N/c1-14(2,3)12-10-11-17(16(7,8)9)13(12)15(4,5)6/h10-11H2,1-9H3. The van der Waals surface area contributed by atoms with E-state index in [1.165, 1.54) is 13.0 Å². The highest BCUT2D eigenvalue weighted by atomic mass is 15.2. The van der Waals surface area contributed by atoms with E-state index in [0.29, 0.717) is 5.41 Å². The predicted molar refractivity (Wildman–Crippen MR) is 77.0 cm³/mol. The van der Waals surface area contributed by atoms with E-state index in [9.17, 15) is 0 Å². The third-order valence-corrected chi connectivity index (χ3v) is 3.57. The van der Waals surface area contributed by atoms with E-state index in [1.54, 1.807) is 11.3 Å². The Balaban J connectivity index is 3.31. The fourth-order valence-corrected chi connectivity index (χ4v) is 2.88. The zero-order valence-corrected chi connectivity index (χ0v) is 13.4. The summed E-state index contributed by atoms with van der Waals surface area (Å²) in [6.45, 7) is 22.2. The van der Waals surface area contributed by atoms with Crippen LogP contribution in [0.1, 0.15) is 68.7 Å². The third kappa shape index (κ3) is 3.05. The van der Waals surface area contributed by atoms with Crippen molar-refractivity contribution in [2.45, 2.75) is 74.3 Å². The second kappa shape index (κ2) is 4.03. The van der Waals surface area contributed by atoms with Gasteiger partial charge in [-0.15, -0.1) is 0 Å². The first-order chi connectivity index (χ1) is 7.35. The summed E-state index contributed by atoms with van der Waals surface area (Å²) < 4.78 is 0. The molecule has 100 valence electrons. The van der Waals surface area contributed by atoms with Gasteiger partial charge in [0.15, 0.2) is 0 Å². The molecule has 0 N–H and O–H groups in total. The van der Waals surface area contributed by atoms with Crippen molar-refractivity contribution < 1.29 is 0 Å². The van der Waals surface area contributed by atoms with E-state index in [1.807, 2.05) is 0 Å². The Bertz CT molecular complexity index is 315. The van der Waals surface area contributed by atoms with Crippen molar-refractivity contribution in [2.75, 3.05) is 6.54 Å². The van der Waals surface area contributed by atoms with Crippen molar-refractivity contribution in [2.24, 2.45) is 10.8 Å². The van der Waals surface area contributed by atoms with Crippen molar-refractivity contribution in [3.05, 3.63) is 11.3 Å². The molecule has 0 saturated carbocycles. The maximum absolute atomic E-state index is 2.62. The molecule has 0 amide bonds. The minimum Gasteiger partial charge on any atom is -0.369 e. The fourth-order valence-electron chi connectivity index (χ4n) is 2.88. The van der Waals surface area contributed by atoms with Crippen molar-refractivity contribution in [3.8, 4) is 0 Å². The van der Waals surface area contributed by atoms with Crippen LogP contribution in [-0.4, -0.2) is 17.0 Å². The molecule has 0 radical (unpaired) electrons. The minimum absolute atomic E-state index is 0.232. The molecule has 0 spiro atoms. The average molecular weight is 237 g/mol. The molecule has 1 aliphatic heterocycles. The number of rotatable bonds is 0. The van der Waals surface area contributed by atoms with Crippen LogP contribution < -0.4 is 0 Å². The minimum atomic E-state index is 0.232. The maximum Gasteiger partial charge on any atom is 0.0315 e. The zero-order valence-electron chi connectivity index (χ0n) is 13.4. The zero-order chi connectivity index (χ0) is 13.6. The molecule has 1 heteroatoms. The molecule has 1 aliphatic rings. The monoisotopic (exact) mass is 237 g/mol. The fraction of sp³-hybridized carbons (Fsp3) is 0.875. The summed E-state index contributed by atoms with van der Waals surface area (Å²) in [7, 11) is 0. The van der Waals surface area contributed by atoms with Crippen LogP contribution >= 0.6 is 0 Å². The molecular weight excluding hydrogens is 206 g/mol. The molecule has 0 aromatic heterocycles. The maximum atomic E-state index is 2.62. The quantitative estimate of drug-likeness (QED) is 0.583. The predicted octanol–water partition coefficient (Wildman–Crippen LogP) is 4.84. The Labute approximate surface area is 108 Å². The van der Waals surface area contributed by atoms with Gasteiger partial charge in [0.1, 0.15) is 0 Å². The van der Waals surface area contributed by atoms with Crippen LogP contribution in [0.4, 0.5) is 0 Å². The number of hydrogen-bond acceptors (Lipinski definition) is 1. The Morgan fingerprint density at radius 1 is 0.765 bits per heavy atom. The van der Waals surface area contributed by atoms with Gasteiger partial charge < -0.3 is 4.90 Å². The van der Waals surface area contributed by atoms with E-state index in [-0.39, 0.29) is 11.0 Å². The second-order valence-electron chi connectivity index (χ2n) is 8.40. The summed E-state index contributed by atoms with van der Waals surface area (Å²) in [6.07, 6.45) is 1.23. The van der Waals surface area contributed by atoms with Gasteiger partial charge in [0.2, 0.25) is 0 Å². The largest absolute Gasteiger partial charge is 0.369 e. The van der Waals surface area contributed by atoms with E-state index in [0.717, 1.165) is 0 Å². The average Bonchev–Trinajstić information content (AvgIpc) is 2.42. The molecule has 0 bridgehead atoms.